The van der Waals surface area contributed by atoms with Crippen LogP contribution in [0.3, 0.4) is 0 Å². The molecule has 9 nitrogen and oxygen atoms in total. The number of benzene rings is 2. The molecule has 10 heteroatoms. The van der Waals surface area contributed by atoms with Crippen LogP contribution in [0.2, 0.25) is 0 Å². The first kappa shape index (κ1) is 26.2. The van der Waals surface area contributed by atoms with Gasteiger partial charge < -0.3 is 10.6 Å². The smallest absolute Gasteiger partial charge is 0.276 e. The largest absolute Gasteiger partial charge is 0.320 e. The van der Waals surface area contributed by atoms with Crippen LogP contribution in [0.1, 0.15) is 78.8 Å². The van der Waals surface area contributed by atoms with Gasteiger partial charge in [0.05, 0.1) is 10.5 Å². The lowest BCUT2D eigenvalue weighted by Crippen LogP contribution is -2.17. The number of ketones is 1. The van der Waals surface area contributed by atoms with Gasteiger partial charge in [0, 0.05) is 37.0 Å². The number of carbonyl (C=O) groups is 3. The van der Waals surface area contributed by atoms with Crippen molar-refractivity contribution in [2.45, 2.75) is 57.4 Å². The Balaban J connectivity index is 1.24. The monoisotopic (exact) mass is 600 g/mol. The summed E-state index contributed by atoms with van der Waals surface area (Å²) in [6.45, 7) is 5.36. The van der Waals surface area contributed by atoms with Crippen molar-refractivity contribution in [2.24, 2.45) is 0 Å². The molecule has 0 radical (unpaired) electrons. The molecule has 0 saturated heterocycles. The molecule has 2 aliphatic heterocycles. The molecule has 2 aromatic carbocycles. The number of carbonyl (C=O) groups excluding carboxylic acids is 3. The lowest BCUT2D eigenvalue weighted by molar-refractivity contribution is 0.0949. The van der Waals surface area contributed by atoms with Crippen LogP contribution < -0.4 is 10.6 Å². The molecule has 1 atom stereocenters. The molecular weight excluding hydrogens is 572 g/mol. The van der Waals surface area contributed by atoms with Gasteiger partial charge in [0.2, 0.25) is 0 Å². The average molecular weight is 602 g/mol. The summed E-state index contributed by atoms with van der Waals surface area (Å²) in [5.41, 5.74) is 7.16. The van der Waals surface area contributed by atoms with Gasteiger partial charge in [-0.1, -0.05) is 40.2 Å². The number of amides is 2. The zero-order chi connectivity index (χ0) is 28.0. The number of fused-ring (bicyclic) bond motifs is 2. The summed E-state index contributed by atoms with van der Waals surface area (Å²) in [5, 5.41) is 14.9. The molecule has 6 rings (SSSR count). The summed E-state index contributed by atoms with van der Waals surface area (Å²) in [7, 11) is 0. The van der Waals surface area contributed by atoms with E-state index in [9.17, 15) is 14.4 Å². The van der Waals surface area contributed by atoms with Gasteiger partial charge in [-0.15, -0.1) is 0 Å². The molecule has 2 amide bonds. The Labute approximate surface area is 240 Å². The highest BCUT2D eigenvalue weighted by molar-refractivity contribution is 9.09. The summed E-state index contributed by atoms with van der Waals surface area (Å²) in [6, 6.07) is 14.9. The fourth-order valence-electron chi connectivity index (χ4n) is 5.48. The summed E-state index contributed by atoms with van der Waals surface area (Å²) in [5.74, 6) is -0.597. The summed E-state index contributed by atoms with van der Waals surface area (Å²) < 4.78 is 3.52. The molecule has 4 heterocycles. The van der Waals surface area contributed by atoms with Crippen LogP contribution in [0.4, 0.5) is 11.4 Å². The van der Waals surface area contributed by atoms with E-state index in [1.165, 1.54) is 0 Å². The topological polar surface area (TPSA) is 111 Å². The molecule has 0 aliphatic carbocycles. The molecule has 0 saturated carbocycles. The normalized spacial score (nSPS) is 16.3. The van der Waals surface area contributed by atoms with Crippen molar-refractivity contribution in [3.63, 3.8) is 0 Å². The lowest BCUT2D eigenvalue weighted by atomic mass is 9.94. The van der Waals surface area contributed by atoms with Crippen LogP contribution in [0.25, 0.3) is 11.1 Å². The molecule has 0 spiro atoms. The number of aryl methyl sites for hydroxylation is 2. The first-order valence-electron chi connectivity index (χ1n) is 13.5. The standard InChI is InChI=1S/C30H29BrN6O3/c1-17-19(7-3-10-22(17)32-29(39)24-15-26-21(31)9-5-13-36(26)34-24)20-8-4-11-23(18(20)2)33-30(40)25-16-27-28(38)12-6-14-37(27)35-25/h3-4,7-8,10-11,15-16,21H,5-6,9,12-14H2,1-2H3,(H,32,39)(H,33,40). The molecule has 204 valence electrons. The molecule has 2 aliphatic rings. The highest BCUT2D eigenvalue weighted by Crippen LogP contribution is 2.35. The minimum absolute atomic E-state index is 0.0123. The number of hydrogen-bond donors (Lipinski definition) is 2. The van der Waals surface area contributed by atoms with Gasteiger partial charge in [-0.25, -0.2) is 0 Å². The third-order valence-corrected chi connectivity index (χ3v) is 8.65. The predicted octanol–water partition coefficient (Wildman–Crippen LogP) is 6.07. The van der Waals surface area contributed by atoms with Crippen molar-refractivity contribution in [3.05, 3.63) is 82.4 Å². The first-order chi connectivity index (χ1) is 19.3. The number of anilines is 2. The van der Waals surface area contributed by atoms with E-state index in [-0.39, 0.29) is 28.1 Å². The summed E-state index contributed by atoms with van der Waals surface area (Å²) in [4.78, 5) is 38.6. The van der Waals surface area contributed by atoms with E-state index in [1.807, 2.05) is 61.0 Å². The molecule has 2 aromatic heterocycles. The Morgan fingerprint density at radius 2 is 1.43 bits per heavy atom. The molecule has 0 bridgehead atoms. The van der Waals surface area contributed by atoms with Crippen LogP contribution in [0, 0.1) is 13.8 Å². The van der Waals surface area contributed by atoms with Crippen molar-refractivity contribution < 1.29 is 14.4 Å². The van der Waals surface area contributed by atoms with Crippen LogP contribution in [0.15, 0.2) is 48.5 Å². The van der Waals surface area contributed by atoms with Crippen molar-refractivity contribution in [2.75, 3.05) is 10.6 Å². The maximum atomic E-state index is 13.1. The van der Waals surface area contributed by atoms with Crippen molar-refractivity contribution in [1.82, 2.24) is 19.6 Å². The van der Waals surface area contributed by atoms with Gasteiger partial charge >= 0.3 is 0 Å². The van der Waals surface area contributed by atoms with E-state index in [0.29, 0.717) is 35.7 Å². The van der Waals surface area contributed by atoms with Crippen molar-refractivity contribution in [1.29, 1.82) is 0 Å². The Kier molecular flexibility index (Phi) is 6.87. The molecule has 4 aromatic rings. The van der Waals surface area contributed by atoms with Gasteiger partial charge in [-0.05, 0) is 73.6 Å². The number of alkyl halides is 1. The summed E-state index contributed by atoms with van der Waals surface area (Å²) >= 11 is 3.68. The quantitative estimate of drug-likeness (QED) is 0.270. The third kappa shape index (κ3) is 4.77. The van der Waals surface area contributed by atoms with Gasteiger partial charge in [0.1, 0.15) is 5.69 Å². The number of nitrogens with zero attached hydrogens (tertiary/aromatic N) is 4. The number of aromatic nitrogens is 4. The van der Waals surface area contributed by atoms with Crippen molar-refractivity contribution >= 4 is 44.9 Å². The van der Waals surface area contributed by atoms with Gasteiger partial charge in [-0.2, -0.15) is 10.2 Å². The Morgan fingerprint density at radius 3 is 2.02 bits per heavy atom. The molecule has 1 unspecified atom stereocenters. The predicted molar refractivity (Wildman–Crippen MR) is 156 cm³/mol. The highest BCUT2D eigenvalue weighted by atomic mass is 79.9. The van der Waals surface area contributed by atoms with Crippen molar-refractivity contribution in [3.8, 4) is 11.1 Å². The number of nitrogens with one attached hydrogen (secondary N) is 2. The van der Waals surface area contributed by atoms with Crippen LogP contribution in [0.5, 0.6) is 0 Å². The highest BCUT2D eigenvalue weighted by Gasteiger charge is 2.24. The van der Waals surface area contributed by atoms with Gasteiger partial charge in [0.25, 0.3) is 11.8 Å². The van der Waals surface area contributed by atoms with Crippen LogP contribution in [-0.4, -0.2) is 37.2 Å². The Morgan fingerprint density at radius 1 is 0.850 bits per heavy atom. The molecule has 40 heavy (non-hydrogen) atoms. The number of rotatable bonds is 5. The van der Waals surface area contributed by atoms with Gasteiger partial charge in [-0.3, -0.25) is 23.7 Å². The maximum absolute atomic E-state index is 13.1. The van der Waals surface area contributed by atoms with Crippen LogP contribution >= 0.6 is 15.9 Å². The van der Waals surface area contributed by atoms with E-state index in [0.717, 1.165) is 53.8 Å². The van der Waals surface area contributed by atoms with E-state index in [2.05, 4.69) is 36.8 Å². The second kappa shape index (κ2) is 10.5. The minimum Gasteiger partial charge on any atom is -0.320 e. The SMILES string of the molecule is Cc1c(NC(=O)c2cc3n(n2)CCCC3=O)cccc1-c1cccc(NC(=O)c2cc3n(n2)CCCC3Br)c1C. The van der Waals surface area contributed by atoms with E-state index in [4.69, 9.17) is 0 Å². The van der Waals surface area contributed by atoms with Crippen LogP contribution in [-0.2, 0) is 13.1 Å². The molecular formula is C30H29BrN6O3. The van der Waals surface area contributed by atoms with E-state index < -0.39 is 0 Å². The Bertz CT molecular complexity index is 1670. The van der Waals surface area contributed by atoms with E-state index >= 15 is 0 Å². The number of hydrogen-bond acceptors (Lipinski definition) is 5. The fourth-order valence-corrected chi connectivity index (χ4v) is 6.17. The zero-order valence-electron chi connectivity index (χ0n) is 22.3. The second-order valence-corrected chi connectivity index (χ2v) is 11.4. The van der Waals surface area contributed by atoms with E-state index in [1.54, 1.807) is 10.7 Å². The fraction of sp³-hybridized carbons (Fsp3) is 0.300. The first-order valence-corrected chi connectivity index (χ1v) is 14.4. The van der Waals surface area contributed by atoms with Gasteiger partial charge in [0.15, 0.2) is 17.2 Å². The second-order valence-electron chi connectivity index (χ2n) is 10.3. The Hall–Kier alpha value is -4.05. The number of Topliss-reactive ketones (excluding diaryl/α,β-unsaturated/α-hetero) is 1. The third-order valence-electron chi connectivity index (χ3n) is 7.72. The lowest BCUT2D eigenvalue weighted by Gasteiger charge is -2.17. The average Bonchev–Trinajstić information content (AvgIpc) is 3.58. The summed E-state index contributed by atoms with van der Waals surface area (Å²) in [6.07, 6.45) is 3.26. The molecule has 2 N–H and O–H groups in total. The minimum atomic E-state index is -0.360. The zero-order valence-corrected chi connectivity index (χ0v) is 23.9. The maximum Gasteiger partial charge on any atom is 0.276 e. The molecule has 0 fully saturated rings. The number of halogens is 1.